The molecule has 1 aromatic carbocycles. The average molecular weight is 354 g/mol. The van der Waals surface area contributed by atoms with Gasteiger partial charge < -0.3 is 20.3 Å². The number of halogens is 2. The largest absolute Gasteiger partial charge is 0.479 e. The molecule has 0 saturated carbocycles. The monoisotopic (exact) mass is 354 g/mol. The van der Waals surface area contributed by atoms with E-state index in [9.17, 15) is 23.5 Å². The van der Waals surface area contributed by atoms with E-state index in [0.717, 1.165) is 19.2 Å². The molecule has 0 radical (unpaired) electrons. The molecule has 0 aliphatic carbocycles. The van der Waals surface area contributed by atoms with E-state index in [1.165, 1.54) is 6.07 Å². The molecule has 1 aromatic heterocycles. The Labute approximate surface area is 141 Å². The first-order valence-corrected chi connectivity index (χ1v) is 7.32. The van der Waals surface area contributed by atoms with E-state index in [0.29, 0.717) is 0 Å². The highest BCUT2D eigenvalue weighted by atomic mass is 19.2. The topological polar surface area (TPSA) is 109 Å². The second-order valence-electron chi connectivity index (χ2n) is 5.46. The van der Waals surface area contributed by atoms with Crippen molar-refractivity contribution in [3.63, 3.8) is 0 Å². The molecule has 0 spiro atoms. The first kappa shape index (κ1) is 18.5. The summed E-state index contributed by atoms with van der Waals surface area (Å²) in [5.74, 6) is -4.60. The van der Waals surface area contributed by atoms with Crippen molar-refractivity contribution in [3.05, 3.63) is 35.5 Å². The zero-order valence-corrected chi connectivity index (χ0v) is 13.5. The van der Waals surface area contributed by atoms with Crippen molar-refractivity contribution in [1.29, 1.82) is 0 Å². The fourth-order valence-electron chi connectivity index (χ4n) is 2.10. The summed E-state index contributed by atoms with van der Waals surface area (Å²) < 4.78 is 32.2. The summed E-state index contributed by atoms with van der Waals surface area (Å²) in [6, 6.07) is 2.05. The van der Waals surface area contributed by atoms with E-state index >= 15 is 0 Å². The number of ether oxygens (including phenoxy) is 1. The fourth-order valence-corrected chi connectivity index (χ4v) is 2.10. The molecule has 1 unspecified atom stereocenters. The highest BCUT2D eigenvalue weighted by Gasteiger charge is 2.30. The molecule has 25 heavy (non-hydrogen) atoms. The van der Waals surface area contributed by atoms with Crippen LogP contribution in [0.5, 0.6) is 0 Å². The van der Waals surface area contributed by atoms with Crippen LogP contribution in [0.3, 0.4) is 0 Å². The molecule has 134 valence electrons. The molecule has 9 heteroatoms. The number of aromatic nitrogens is 1. The highest BCUT2D eigenvalue weighted by molar-refractivity contribution is 6.05. The van der Waals surface area contributed by atoms with Gasteiger partial charge >= 0.3 is 11.9 Å². The molecule has 0 saturated heterocycles. The van der Waals surface area contributed by atoms with E-state index in [-0.39, 0.29) is 28.8 Å². The van der Waals surface area contributed by atoms with Crippen LogP contribution >= 0.6 is 0 Å². The lowest BCUT2D eigenvalue weighted by Gasteiger charge is -2.21. The van der Waals surface area contributed by atoms with Gasteiger partial charge in [-0.3, -0.25) is 4.98 Å². The minimum absolute atomic E-state index is 0.0103. The maximum Gasteiger partial charge on any atom is 0.341 e. The molecular weight excluding hydrogens is 338 g/mol. The van der Waals surface area contributed by atoms with E-state index in [2.05, 4.69) is 10.3 Å². The summed E-state index contributed by atoms with van der Waals surface area (Å²) in [6.45, 7) is 2.22. The number of nitrogens with one attached hydrogen (secondary N) is 1. The Morgan fingerprint density at radius 3 is 2.64 bits per heavy atom. The van der Waals surface area contributed by atoms with Crippen molar-refractivity contribution in [2.24, 2.45) is 0 Å². The zero-order valence-electron chi connectivity index (χ0n) is 13.5. The number of pyridine rings is 1. The van der Waals surface area contributed by atoms with Crippen LogP contribution in [0.25, 0.3) is 10.9 Å². The van der Waals surface area contributed by atoms with Crippen molar-refractivity contribution in [1.82, 2.24) is 4.98 Å². The summed E-state index contributed by atoms with van der Waals surface area (Å²) in [7, 11) is 0. The van der Waals surface area contributed by atoms with Crippen molar-refractivity contribution in [2.45, 2.75) is 19.4 Å². The Balaban J connectivity index is 2.59. The van der Waals surface area contributed by atoms with Gasteiger partial charge in [-0.2, -0.15) is 0 Å². The molecule has 2 rings (SSSR count). The fraction of sp³-hybridized carbons (Fsp3) is 0.312. The Hall–Kier alpha value is -2.81. The Morgan fingerprint density at radius 1 is 1.36 bits per heavy atom. The average Bonchev–Trinajstić information content (AvgIpc) is 2.56. The van der Waals surface area contributed by atoms with Crippen molar-refractivity contribution >= 4 is 28.5 Å². The lowest BCUT2D eigenvalue weighted by atomic mass is 10.1. The van der Waals surface area contributed by atoms with Crippen LogP contribution in [0, 0.1) is 11.6 Å². The van der Waals surface area contributed by atoms with E-state index < -0.39 is 35.7 Å². The van der Waals surface area contributed by atoms with Crippen LogP contribution in [0.4, 0.5) is 14.5 Å². The number of hydrogen-bond acceptors (Lipinski definition) is 6. The van der Waals surface area contributed by atoms with Gasteiger partial charge in [-0.25, -0.2) is 18.4 Å². The number of carboxylic acid groups (broad SMARTS) is 1. The quantitative estimate of drug-likeness (QED) is 0.680. The van der Waals surface area contributed by atoms with Gasteiger partial charge in [0.25, 0.3) is 0 Å². The van der Waals surface area contributed by atoms with Gasteiger partial charge in [0.05, 0.1) is 18.8 Å². The van der Waals surface area contributed by atoms with Gasteiger partial charge in [0, 0.05) is 11.6 Å². The first-order chi connectivity index (χ1) is 11.7. The summed E-state index contributed by atoms with van der Waals surface area (Å²) in [6.07, 6.45) is 1.00. The molecule has 0 bridgehead atoms. The summed E-state index contributed by atoms with van der Waals surface area (Å²) in [5, 5.41) is 21.5. The molecular formula is C16H16F2N2O5. The van der Waals surface area contributed by atoms with Gasteiger partial charge in [-0.05, 0) is 26.0 Å². The van der Waals surface area contributed by atoms with Crippen LogP contribution in [0.2, 0.25) is 0 Å². The number of aliphatic hydroxyl groups is 1. The van der Waals surface area contributed by atoms with Crippen molar-refractivity contribution in [2.75, 3.05) is 18.5 Å². The number of fused-ring (bicyclic) bond motifs is 1. The Morgan fingerprint density at radius 2 is 2.04 bits per heavy atom. The van der Waals surface area contributed by atoms with Crippen molar-refractivity contribution in [3.8, 4) is 0 Å². The van der Waals surface area contributed by atoms with Crippen molar-refractivity contribution < 1.29 is 33.3 Å². The Kier molecular flexibility index (Phi) is 5.17. The Bertz CT molecular complexity index is 839. The second-order valence-corrected chi connectivity index (χ2v) is 5.46. The number of rotatable bonds is 6. The van der Waals surface area contributed by atoms with Crippen LogP contribution in [0.1, 0.15) is 24.2 Å². The molecule has 7 nitrogen and oxygen atoms in total. The van der Waals surface area contributed by atoms with Gasteiger partial charge in [-0.15, -0.1) is 0 Å². The van der Waals surface area contributed by atoms with Crippen LogP contribution in [-0.2, 0) is 9.53 Å². The molecule has 1 heterocycles. The third-order valence-corrected chi connectivity index (χ3v) is 3.50. The van der Waals surface area contributed by atoms with Gasteiger partial charge in [-0.1, -0.05) is 0 Å². The lowest BCUT2D eigenvalue weighted by molar-refractivity contribution is -0.155. The van der Waals surface area contributed by atoms with Gasteiger partial charge in [0.15, 0.2) is 17.2 Å². The molecule has 1 atom stereocenters. The lowest BCUT2D eigenvalue weighted by Crippen LogP contribution is -2.42. The summed E-state index contributed by atoms with van der Waals surface area (Å²) in [4.78, 5) is 26.8. The third-order valence-electron chi connectivity index (χ3n) is 3.50. The number of benzene rings is 1. The molecule has 0 aliphatic heterocycles. The van der Waals surface area contributed by atoms with E-state index in [1.54, 1.807) is 6.92 Å². The smallest absolute Gasteiger partial charge is 0.341 e. The zero-order chi connectivity index (χ0) is 18.8. The molecule has 3 N–H and O–H groups in total. The first-order valence-electron chi connectivity index (χ1n) is 7.32. The minimum atomic E-state index is -2.15. The number of carbonyl (C=O) groups excluding carboxylic acids is 1. The highest BCUT2D eigenvalue weighted by Crippen LogP contribution is 2.29. The van der Waals surface area contributed by atoms with Gasteiger partial charge in [0.1, 0.15) is 11.1 Å². The summed E-state index contributed by atoms with van der Waals surface area (Å²) >= 11 is 0. The summed E-state index contributed by atoms with van der Waals surface area (Å²) in [5.41, 5.74) is -2.60. The number of carbonyl (C=O) groups is 2. The third kappa shape index (κ3) is 3.66. The number of nitrogens with zero attached hydrogens (tertiary/aromatic N) is 1. The van der Waals surface area contributed by atoms with Crippen LogP contribution < -0.4 is 5.32 Å². The minimum Gasteiger partial charge on any atom is -0.479 e. The second kappa shape index (κ2) is 6.98. The predicted octanol–water partition coefficient (Wildman–Crippen LogP) is 1.94. The van der Waals surface area contributed by atoms with E-state index in [1.807, 2.05) is 0 Å². The number of carboxylic acids is 1. The van der Waals surface area contributed by atoms with Crippen LogP contribution in [-0.4, -0.2) is 45.9 Å². The number of esters is 1. The maximum atomic E-state index is 13.9. The number of anilines is 1. The number of hydrogen-bond donors (Lipinski definition) is 3. The SMILES string of the molecule is CCOC(=O)c1cnc2c(F)c(F)ccc2c1NCC(C)(O)C(=O)O. The molecule has 0 aliphatic rings. The molecule has 2 aromatic rings. The van der Waals surface area contributed by atoms with Crippen LogP contribution in [0.15, 0.2) is 18.3 Å². The normalized spacial score (nSPS) is 13.3. The van der Waals surface area contributed by atoms with E-state index in [4.69, 9.17) is 9.84 Å². The maximum absolute atomic E-state index is 13.9. The molecule has 0 amide bonds. The van der Waals surface area contributed by atoms with Gasteiger partial charge in [0.2, 0.25) is 0 Å². The predicted molar refractivity (Wildman–Crippen MR) is 84.4 cm³/mol. The molecule has 0 fully saturated rings. The standard InChI is InChI=1S/C16H16F2N2O5/c1-3-25-14(21)9-6-19-13-8(4-5-10(17)11(13)18)12(9)20-7-16(2,24)15(22)23/h4-6,24H,3,7H2,1-2H3,(H,19,20)(H,22,23). The number of aliphatic carboxylic acids is 1.